The summed E-state index contributed by atoms with van der Waals surface area (Å²) in [5, 5.41) is 7.90. The molecule has 0 saturated heterocycles. The van der Waals surface area contributed by atoms with Gasteiger partial charge in [0.2, 0.25) is 0 Å². The number of halogens is 27. The zero-order valence-corrected chi connectivity index (χ0v) is 64.3. The zero-order valence-electron chi connectivity index (χ0n) is 62.0. The number of nitrogens with one attached hydrogen (secondary N) is 3. The molecule has 0 aliphatic rings. The molecular weight excluding hydrogens is 1730 g/mol. The summed E-state index contributed by atoms with van der Waals surface area (Å²) in [4.78, 5) is 53.1. The van der Waals surface area contributed by atoms with Crippen LogP contribution in [0.1, 0.15) is 126 Å². The second kappa shape index (κ2) is 36.4. The van der Waals surface area contributed by atoms with Crippen LogP contribution >= 0.6 is 34.8 Å². The van der Waals surface area contributed by atoms with Crippen LogP contribution in [0.5, 0.6) is 0 Å². The first-order valence-electron chi connectivity index (χ1n) is 35.1. The molecule has 0 bridgehead atoms. The fourth-order valence-corrected chi connectivity index (χ4v) is 13.5. The number of alkyl halides is 18. The van der Waals surface area contributed by atoms with Crippen LogP contribution in [0.15, 0.2) is 243 Å². The molecule has 3 aromatic heterocycles. The van der Waals surface area contributed by atoms with Crippen LogP contribution in [0.2, 0.25) is 15.1 Å². The third-order valence-electron chi connectivity index (χ3n) is 18.9. The lowest BCUT2D eigenvalue weighted by Crippen LogP contribution is -2.50. The molecule has 3 N–H and O–H groups in total. The van der Waals surface area contributed by atoms with Gasteiger partial charge in [0.05, 0.1) is 65.5 Å². The summed E-state index contributed by atoms with van der Waals surface area (Å²) >= 11 is 17.9. The Bertz CT molecular complexity index is 5800. The molecule has 3 amide bonds. The van der Waals surface area contributed by atoms with E-state index in [9.17, 15) is 120 Å². The average Bonchev–Trinajstić information content (AvgIpc) is 0.778. The van der Waals surface area contributed by atoms with Crippen LogP contribution in [0.3, 0.4) is 0 Å². The number of pyridine rings is 3. The molecule has 0 spiro atoms. The van der Waals surface area contributed by atoms with Crippen LogP contribution in [-0.4, -0.2) is 32.7 Å². The number of benzene rings is 9. The smallest absolute Gasteiger partial charge is 0.337 e. The lowest BCUT2D eigenvalue weighted by molar-refractivity contribution is -0.140. The molecule has 636 valence electrons. The van der Waals surface area contributed by atoms with Gasteiger partial charge in [-0.3, -0.25) is 29.3 Å². The molecule has 122 heavy (non-hydrogen) atoms. The minimum Gasteiger partial charge on any atom is -0.337 e. The largest absolute Gasteiger partial charge is 0.419 e. The van der Waals surface area contributed by atoms with E-state index in [1.54, 1.807) is 61.5 Å². The van der Waals surface area contributed by atoms with Gasteiger partial charge in [-0.2, -0.15) is 79.0 Å². The van der Waals surface area contributed by atoms with Crippen molar-refractivity contribution >= 4 is 52.5 Å². The van der Waals surface area contributed by atoms with Crippen molar-refractivity contribution in [3.05, 3.63) is 405 Å². The molecule has 3 atom stereocenters. The molecule has 12 rings (SSSR count). The highest BCUT2D eigenvalue weighted by Gasteiger charge is 2.48. The van der Waals surface area contributed by atoms with E-state index in [0.29, 0.717) is 53.6 Å². The molecule has 36 heteroatoms. The fourth-order valence-electron chi connectivity index (χ4n) is 13.1. The first-order valence-corrected chi connectivity index (χ1v) is 36.2. The monoisotopic (exact) mass is 1780 g/mol. The van der Waals surface area contributed by atoms with Crippen molar-refractivity contribution in [3.63, 3.8) is 0 Å². The van der Waals surface area contributed by atoms with Crippen molar-refractivity contribution < 1.29 is 120 Å². The summed E-state index contributed by atoms with van der Waals surface area (Å²) in [6.07, 6.45) is -27.9. The maximum absolute atomic E-state index is 14.9. The average molecular weight is 1780 g/mol. The second-order valence-corrected chi connectivity index (χ2v) is 28.6. The van der Waals surface area contributed by atoms with E-state index in [0.717, 1.165) is 54.4 Å². The van der Waals surface area contributed by atoms with Gasteiger partial charge < -0.3 is 16.0 Å². The summed E-state index contributed by atoms with van der Waals surface area (Å²) in [6, 6.07) is 39.0. The molecule has 9 nitrogen and oxygen atoms in total. The van der Waals surface area contributed by atoms with E-state index < -0.39 is 174 Å². The summed E-state index contributed by atoms with van der Waals surface area (Å²) in [5.74, 6) is -12.0. The molecule has 0 unspecified atom stereocenters. The number of rotatable bonds is 18. The normalized spacial score (nSPS) is 13.5. The predicted molar refractivity (Wildman–Crippen MR) is 401 cm³/mol. The fraction of sp³-hybridized carbons (Fsp3) is 0.163. The van der Waals surface area contributed by atoms with Crippen molar-refractivity contribution in [2.45, 2.75) is 86.8 Å². The molecule has 12 aromatic rings. The standard InChI is InChI=1S/C29H19ClF8N2O.C29H20ClF7N2O.C28H16ClF9N2O/c1-16-2-4-17(5-3-16)14-27(25-9-7-21(30)15-39-25,19-11-20(28(33,34)35)13-22(31)12-19)40-26(41)18-6-8-24(32)23(10-18)29(36,37)38;1-17-21(8-5-9-22(17)28(32,33)34)27(15-18-6-3-2-4-7-18,25-13-11-20(30)16-38-25)39-26(40)19-10-12-24(31)23(14-19)29(35,36)37;29-19-6-8-24(39-14-19)26(13-16-3-1-2-4-22(16)31,17-10-18(27(33,34)35)12-20(30)11-17)40-25(41)15-5-7-23(32)21(9-15)28(36,37)38/h2-13,15H,14H2,1H3,(H,40,41);2-14,16H,15H2,1H3,(H,39,40);1-12,14H,13H2,(H,40,41)/t2*27-;26-/m111/s1. The van der Waals surface area contributed by atoms with Crippen LogP contribution in [0.25, 0.3) is 0 Å². The Kier molecular flexibility index (Phi) is 27.5. The van der Waals surface area contributed by atoms with Crippen LogP contribution < -0.4 is 16.0 Å². The van der Waals surface area contributed by atoms with Gasteiger partial charge in [-0.1, -0.05) is 125 Å². The van der Waals surface area contributed by atoms with Gasteiger partial charge in [-0.05, 0) is 192 Å². The van der Waals surface area contributed by atoms with Gasteiger partial charge in [0, 0.05) is 54.5 Å². The van der Waals surface area contributed by atoms with Crippen LogP contribution in [0, 0.1) is 48.8 Å². The Morgan fingerprint density at radius 3 is 1.01 bits per heavy atom. The number of nitrogens with zero attached hydrogens (tertiary/aromatic N) is 3. The maximum atomic E-state index is 14.9. The van der Waals surface area contributed by atoms with Gasteiger partial charge in [-0.15, -0.1) is 0 Å². The SMILES string of the molecule is Cc1c(C(F)(F)F)cccc1[C@@](Cc1ccccc1)(NC(=O)c1ccc(F)c(C(F)(F)F)c1)c1ccc(Cl)cn1.Cc1ccc(C[C@@](NC(=O)c2ccc(F)c(C(F)(F)F)c2)(c2cc(F)cc(C(F)(F)F)c2)c2ccc(Cl)cn2)cc1.O=C(N[C@](Cc1ccccc1F)(c1cc(F)cc(C(F)(F)F)c1)c1ccc(Cl)cn1)c1ccc(F)c(C(F)(F)F)c1. The zero-order chi connectivity index (χ0) is 89.6. The van der Waals surface area contributed by atoms with Gasteiger partial charge in [0.15, 0.2) is 0 Å². The lowest BCUT2D eigenvalue weighted by atomic mass is 9.77. The molecule has 0 aliphatic carbocycles. The molecule has 0 aliphatic heterocycles. The Labute approximate surface area is 691 Å². The van der Waals surface area contributed by atoms with Gasteiger partial charge in [0.25, 0.3) is 17.7 Å². The second-order valence-electron chi connectivity index (χ2n) is 27.3. The lowest BCUT2D eigenvalue weighted by Gasteiger charge is -2.37. The van der Waals surface area contributed by atoms with E-state index >= 15 is 0 Å². The Balaban J connectivity index is 0.000000192. The van der Waals surface area contributed by atoms with E-state index in [-0.39, 0.29) is 85.9 Å². The minimum absolute atomic E-state index is 0.00695. The van der Waals surface area contributed by atoms with Gasteiger partial charge in [0.1, 0.15) is 51.5 Å². The topological polar surface area (TPSA) is 126 Å². The molecule has 9 aromatic carbocycles. The highest BCUT2D eigenvalue weighted by molar-refractivity contribution is 6.31. The first kappa shape index (κ1) is 92.3. The number of hydrogen-bond donors (Lipinski definition) is 3. The molecule has 0 fully saturated rings. The third kappa shape index (κ3) is 21.8. The summed E-state index contributed by atoms with van der Waals surface area (Å²) in [6.45, 7) is 3.02. The van der Waals surface area contributed by atoms with Crippen molar-refractivity contribution in [1.82, 2.24) is 30.9 Å². The molecular formula is C86H55Cl3F24N6O3. The quantitative estimate of drug-likeness (QED) is 0.0735. The summed E-state index contributed by atoms with van der Waals surface area (Å²) in [7, 11) is 0. The number of hydrogen-bond acceptors (Lipinski definition) is 6. The summed E-state index contributed by atoms with van der Waals surface area (Å²) in [5.41, 5.74) is -16.8. The maximum Gasteiger partial charge on any atom is 0.419 e. The Morgan fingerprint density at radius 1 is 0.303 bits per heavy atom. The minimum atomic E-state index is -5.19. The number of carbonyl (C=O) groups is 3. The molecule has 3 heterocycles. The third-order valence-corrected chi connectivity index (χ3v) is 19.6. The Hall–Kier alpha value is -12.0. The highest BCUT2D eigenvalue weighted by Crippen LogP contribution is 2.45. The van der Waals surface area contributed by atoms with E-state index in [1.165, 1.54) is 79.9 Å². The molecule has 0 radical (unpaired) electrons. The highest BCUT2D eigenvalue weighted by atomic mass is 35.5. The van der Waals surface area contributed by atoms with Crippen LogP contribution in [0.4, 0.5) is 105 Å². The Morgan fingerprint density at radius 2 is 0.639 bits per heavy atom. The van der Waals surface area contributed by atoms with E-state index in [4.69, 9.17) is 34.8 Å². The number of aromatic nitrogens is 3. The first-order chi connectivity index (χ1) is 56.9. The number of amides is 3. The molecule has 0 saturated carbocycles. The predicted octanol–water partition coefficient (Wildman–Crippen LogP) is 24.5. The number of aryl methyl sites for hydroxylation is 1. The number of carbonyl (C=O) groups excluding carboxylic acids is 3. The van der Waals surface area contributed by atoms with E-state index in [1.807, 2.05) is 0 Å². The summed E-state index contributed by atoms with van der Waals surface area (Å²) < 4.78 is 331. The van der Waals surface area contributed by atoms with Gasteiger partial charge in [-0.25, -0.2) is 26.3 Å². The van der Waals surface area contributed by atoms with Gasteiger partial charge >= 0.3 is 37.1 Å². The van der Waals surface area contributed by atoms with Crippen molar-refractivity contribution in [3.8, 4) is 0 Å². The van der Waals surface area contributed by atoms with Crippen molar-refractivity contribution in [2.24, 2.45) is 0 Å². The van der Waals surface area contributed by atoms with Crippen molar-refractivity contribution in [1.29, 1.82) is 0 Å². The van der Waals surface area contributed by atoms with Crippen LogP contribution in [-0.2, 0) is 72.9 Å². The van der Waals surface area contributed by atoms with E-state index in [2.05, 4.69) is 30.9 Å². The van der Waals surface area contributed by atoms with Crippen molar-refractivity contribution in [2.75, 3.05) is 0 Å².